The fourth-order valence-electron chi connectivity index (χ4n) is 3.70. The molecule has 4 rings (SSSR count). The number of likely N-dealkylation sites (tertiary alicyclic amines) is 1. The van der Waals surface area contributed by atoms with E-state index in [4.69, 9.17) is 13.9 Å². The van der Waals surface area contributed by atoms with Crippen LogP contribution in [-0.4, -0.2) is 42.6 Å². The number of hydrogen-bond acceptors (Lipinski definition) is 5. The van der Waals surface area contributed by atoms with E-state index in [1.54, 1.807) is 25.4 Å². The molecule has 1 atom stereocenters. The first-order valence-corrected chi connectivity index (χ1v) is 10.2. The van der Waals surface area contributed by atoms with Crippen molar-refractivity contribution in [2.24, 2.45) is 0 Å². The van der Waals surface area contributed by atoms with Crippen LogP contribution < -0.4 is 9.47 Å². The number of hydrogen-bond donors (Lipinski definition) is 0. The fraction of sp³-hybridized carbons (Fsp3) is 0.333. The van der Waals surface area contributed by atoms with E-state index in [0.29, 0.717) is 12.3 Å². The summed E-state index contributed by atoms with van der Waals surface area (Å²) in [4.78, 5) is 19.0. The number of piperidine rings is 1. The van der Waals surface area contributed by atoms with Gasteiger partial charge in [0.25, 0.3) is 5.91 Å². The number of rotatable bonds is 7. The number of benzene rings is 2. The zero-order valence-electron chi connectivity index (χ0n) is 17.1. The highest BCUT2D eigenvalue weighted by molar-refractivity contribution is 5.78. The van der Waals surface area contributed by atoms with Gasteiger partial charge in [-0.3, -0.25) is 4.79 Å². The predicted molar refractivity (Wildman–Crippen MR) is 113 cm³/mol. The highest BCUT2D eigenvalue weighted by atomic mass is 16.5. The Balaban J connectivity index is 1.32. The molecule has 6 heteroatoms. The van der Waals surface area contributed by atoms with Crippen LogP contribution in [0.1, 0.15) is 36.0 Å². The number of oxazole rings is 1. The number of carbonyl (C=O) groups excluding carboxylic acids is 1. The second-order valence-electron chi connectivity index (χ2n) is 7.47. The molecule has 156 valence electrons. The van der Waals surface area contributed by atoms with Crippen molar-refractivity contribution in [1.29, 1.82) is 0 Å². The summed E-state index contributed by atoms with van der Waals surface area (Å²) in [5.41, 5.74) is 1.19. The summed E-state index contributed by atoms with van der Waals surface area (Å²) in [5.74, 6) is 3.07. The number of nitrogens with zero attached hydrogens (tertiary/aromatic N) is 2. The highest BCUT2D eigenvalue weighted by Gasteiger charge is 2.28. The van der Waals surface area contributed by atoms with E-state index in [-0.39, 0.29) is 18.4 Å². The topological polar surface area (TPSA) is 64.8 Å². The van der Waals surface area contributed by atoms with Crippen molar-refractivity contribution in [2.75, 3.05) is 26.8 Å². The van der Waals surface area contributed by atoms with Crippen LogP contribution in [0.2, 0.25) is 0 Å². The quantitative estimate of drug-likeness (QED) is 0.592. The van der Waals surface area contributed by atoms with E-state index in [9.17, 15) is 4.79 Å². The standard InChI is InChI=1S/C24H26N2O4/c1-28-20-9-11-21(12-10-20)29-17-23(27)26-13-5-8-19(16-26)24-25-15-22(30-24)14-18-6-3-2-4-7-18/h2-4,6-7,9-12,15,19H,5,8,13-14,16-17H2,1H3/t19-/m1/s1. The minimum absolute atomic E-state index is 0.0177. The maximum atomic E-state index is 12.6. The van der Waals surface area contributed by atoms with Crippen LogP contribution in [0, 0.1) is 0 Å². The minimum atomic E-state index is -0.0217. The average Bonchev–Trinajstić information content (AvgIpc) is 3.27. The lowest BCUT2D eigenvalue weighted by Gasteiger charge is -2.31. The maximum Gasteiger partial charge on any atom is 0.260 e. The van der Waals surface area contributed by atoms with Gasteiger partial charge in [-0.1, -0.05) is 30.3 Å². The molecule has 0 bridgehead atoms. The van der Waals surface area contributed by atoms with Gasteiger partial charge in [0.1, 0.15) is 17.3 Å². The molecule has 1 aromatic heterocycles. The van der Waals surface area contributed by atoms with Crippen LogP contribution in [0.25, 0.3) is 0 Å². The molecule has 30 heavy (non-hydrogen) atoms. The molecule has 0 unspecified atom stereocenters. The molecule has 0 saturated carbocycles. The van der Waals surface area contributed by atoms with Gasteiger partial charge < -0.3 is 18.8 Å². The van der Waals surface area contributed by atoms with Crippen LogP contribution in [0.3, 0.4) is 0 Å². The molecule has 2 heterocycles. The third kappa shape index (κ3) is 5.00. The van der Waals surface area contributed by atoms with Crippen molar-refractivity contribution < 1.29 is 18.7 Å². The van der Waals surface area contributed by atoms with Crippen LogP contribution >= 0.6 is 0 Å². The molecular weight excluding hydrogens is 380 g/mol. The van der Waals surface area contributed by atoms with Gasteiger partial charge in [0.05, 0.1) is 19.2 Å². The Morgan fingerprint density at radius 3 is 2.67 bits per heavy atom. The van der Waals surface area contributed by atoms with Crippen LogP contribution in [0.15, 0.2) is 65.2 Å². The molecule has 2 aromatic carbocycles. The minimum Gasteiger partial charge on any atom is -0.497 e. The number of carbonyl (C=O) groups is 1. The van der Waals surface area contributed by atoms with Crippen molar-refractivity contribution in [3.05, 3.63) is 78.0 Å². The second-order valence-corrected chi connectivity index (χ2v) is 7.47. The Hall–Kier alpha value is -3.28. The molecule has 0 aliphatic carbocycles. The number of aromatic nitrogens is 1. The summed E-state index contributed by atoms with van der Waals surface area (Å²) >= 11 is 0. The normalized spacial score (nSPS) is 16.3. The zero-order chi connectivity index (χ0) is 20.8. The molecule has 1 aliphatic rings. The van der Waals surface area contributed by atoms with E-state index < -0.39 is 0 Å². The van der Waals surface area contributed by atoms with E-state index in [1.165, 1.54) is 5.56 Å². The monoisotopic (exact) mass is 406 g/mol. The fourth-order valence-corrected chi connectivity index (χ4v) is 3.70. The number of amides is 1. The zero-order valence-corrected chi connectivity index (χ0v) is 17.1. The molecule has 0 N–H and O–H groups in total. The van der Waals surface area contributed by atoms with Crippen molar-refractivity contribution in [3.8, 4) is 11.5 Å². The van der Waals surface area contributed by atoms with Gasteiger partial charge >= 0.3 is 0 Å². The van der Waals surface area contributed by atoms with E-state index in [1.807, 2.05) is 35.2 Å². The molecule has 1 amide bonds. The maximum absolute atomic E-state index is 12.6. The third-order valence-corrected chi connectivity index (χ3v) is 5.34. The van der Waals surface area contributed by atoms with Gasteiger partial charge in [-0.2, -0.15) is 0 Å². The summed E-state index contributed by atoms with van der Waals surface area (Å²) < 4.78 is 16.8. The SMILES string of the molecule is COc1ccc(OCC(=O)N2CCC[C@@H](c3ncc(Cc4ccccc4)o3)C2)cc1. The first-order valence-electron chi connectivity index (χ1n) is 10.2. The Morgan fingerprint density at radius 2 is 1.90 bits per heavy atom. The van der Waals surface area contributed by atoms with Gasteiger partial charge in [-0.25, -0.2) is 4.98 Å². The molecule has 1 fully saturated rings. The van der Waals surface area contributed by atoms with Gasteiger partial charge in [-0.05, 0) is 42.7 Å². The number of methoxy groups -OCH3 is 1. The Kier molecular flexibility index (Phi) is 6.32. The highest BCUT2D eigenvalue weighted by Crippen LogP contribution is 2.27. The predicted octanol–water partition coefficient (Wildman–Crippen LogP) is 4.06. The largest absolute Gasteiger partial charge is 0.497 e. The molecule has 0 spiro atoms. The summed E-state index contributed by atoms with van der Waals surface area (Å²) in [6.07, 6.45) is 4.42. The molecule has 1 saturated heterocycles. The first kappa shape index (κ1) is 20.0. The summed E-state index contributed by atoms with van der Waals surface area (Å²) in [7, 11) is 1.62. The first-order chi connectivity index (χ1) is 14.7. The molecule has 3 aromatic rings. The Morgan fingerprint density at radius 1 is 1.13 bits per heavy atom. The molecule has 6 nitrogen and oxygen atoms in total. The van der Waals surface area contributed by atoms with Crippen LogP contribution in [0.5, 0.6) is 11.5 Å². The van der Waals surface area contributed by atoms with Crippen molar-refractivity contribution in [3.63, 3.8) is 0 Å². The van der Waals surface area contributed by atoms with E-state index in [0.717, 1.165) is 43.2 Å². The lowest BCUT2D eigenvalue weighted by molar-refractivity contribution is -0.134. The third-order valence-electron chi connectivity index (χ3n) is 5.34. The van der Waals surface area contributed by atoms with Gasteiger partial charge in [-0.15, -0.1) is 0 Å². The summed E-state index contributed by atoms with van der Waals surface area (Å²) in [6, 6.07) is 17.4. The van der Waals surface area contributed by atoms with Gasteiger partial charge in [0.15, 0.2) is 12.5 Å². The van der Waals surface area contributed by atoms with Crippen molar-refractivity contribution in [2.45, 2.75) is 25.2 Å². The van der Waals surface area contributed by atoms with E-state index in [2.05, 4.69) is 17.1 Å². The summed E-state index contributed by atoms with van der Waals surface area (Å²) in [5, 5.41) is 0. The molecule has 0 radical (unpaired) electrons. The van der Waals surface area contributed by atoms with Crippen molar-refractivity contribution in [1.82, 2.24) is 9.88 Å². The van der Waals surface area contributed by atoms with Crippen LogP contribution in [-0.2, 0) is 11.2 Å². The Bertz CT molecular complexity index is 953. The van der Waals surface area contributed by atoms with Crippen LogP contribution in [0.4, 0.5) is 0 Å². The Labute approximate surface area is 176 Å². The lowest BCUT2D eigenvalue weighted by Crippen LogP contribution is -2.41. The smallest absolute Gasteiger partial charge is 0.260 e. The lowest BCUT2D eigenvalue weighted by atomic mass is 9.98. The van der Waals surface area contributed by atoms with Gasteiger partial charge in [0, 0.05) is 19.5 Å². The van der Waals surface area contributed by atoms with Gasteiger partial charge in [0.2, 0.25) is 0 Å². The molecule has 1 aliphatic heterocycles. The molecular formula is C24H26N2O4. The van der Waals surface area contributed by atoms with Crippen molar-refractivity contribution >= 4 is 5.91 Å². The number of ether oxygens (including phenoxy) is 2. The second kappa shape index (κ2) is 9.48. The summed E-state index contributed by atoms with van der Waals surface area (Å²) in [6.45, 7) is 1.36. The average molecular weight is 406 g/mol. The van der Waals surface area contributed by atoms with E-state index >= 15 is 0 Å².